The Morgan fingerprint density at radius 2 is 2.05 bits per heavy atom. The molecule has 1 saturated carbocycles. The van der Waals surface area contributed by atoms with Crippen molar-refractivity contribution in [2.75, 3.05) is 20.6 Å². The van der Waals surface area contributed by atoms with Gasteiger partial charge in [-0.2, -0.15) is 0 Å². The molecule has 1 heterocycles. The summed E-state index contributed by atoms with van der Waals surface area (Å²) in [6.07, 6.45) is 3.95. The highest BCUT2D eigenvalue weighted by molar-refractivity contribution is 5.77. The van der Waals surface area contributed by atoms with Crippen molar-refractivity contribution in [3.8, 4) is 0 Å². The van der Waals surface area contributed by atoms with Crippen LogP contribution in [0.2, 0.25) is 0 Å². The van der Waals surface area contributed by atoms with E-state index in [1.807, 2.05) is 18.2 Å². The van der Waals surface area contributed by atoms with Gasteiger partial charge in [0.05, 0.1) is 6.54 Å². The molecule has 1 aromatic carbocycles. The van der Waals surface area contributed by atoms with Crippen LogP contribution < -0.4 is 5.32 Å². The van der Waals surface area contributed by atoms with Crippen LogP contribution in [0.1, 0.15) is 25.0 Å². The summed E-state index contributed by atoms with van der Waals surface area (Å²) in [5, 5.41) is 4.74. The van der Waals surface area contributed by atoms with Crippen LogP contribution in [0.3, 0.4) is 0 Å². The molecule has 3 nitrogen and oxygen atoms in total. The first kappa shape index (κ1) is 12.7. The summed E-state index contributed by atoms with van der Waals surface area (Å²) >= 11 is 0. The lowest BCUT2D eigenvalue weighted by atomic mass is 9.75. The van der Waals surface area contributed by atoms with E-state index in [4.69, 9.17) is 4.42 Å². The highest BCUT2D eigenvalue weighted by Crippen LogP contribution is 2.35. The van der Waals surface area contributed by atoms with E-state index >= 15 is 0 Å². The van der Waals surface area contributed by atoms with Gasteiger partial charge in [-0.3, -0.25) is 0 Å². The molecule has 0 bridgehead atoms. The summed E-state index contributed by atoms with van der Waals surface area (Å²) in [5.74, 6) is 1.02. The zero-order valence-electron chi connectivity index (χ0n) is 11.8. The van der Waals surface area contributed by atoms with Crippen LogP contribution >= 0.6 is 0 Å². The number of fused-ring (bicyclic) bond motifs is 1. The third-order valence-corrected chi connectivity index (χ3v) is 4.46. The van der Waals surface area contributed by atoms with Gasteiger partial charge in [-0.15, -0.1) is 0 Å². The van der Waals surface area contributed by atoms with Crippen molar-refractivity contribution in [3.63, 3.8) is 0 Å². The highest BCUT2D eigenvalue weighted by Gasteiger charge is 2.38. The average molecular weight is 258 g/mol. The normalized spacial score (nSPS) is 17.8. The number of nitrogens with zero attached hydrogens (tertiary/aromatic N) is 1. The molecule has 1 aliphatic rings. The van der Waals surface area contributed by atoms with Gasteiger partial charge in [-0.25, -0.2) is 0 Å². The van der Waals surface area contributed by atoms with Crippen molar-refractivity contribution in [1.29, 1.82) is 0 Å². The Bertz CT molecular complexity index is 522. The van der Waals surface area contributed by atoms with E-state index in [0.717, 1.165) is 24.4 Å². The van der Waals surface area contributed by atoms with E-state index in [1.165, 1.54) is 24.6 Å². The van der Waals surface area contributed by atoms with Crippen molar-refractivity contribution in [2.45, 2.75) is 31.3 Å². The van der Waals surface area contributed by atoms with Gasteiger partial charge in [0, 0.05) is 17.5 Å². The fourth-order valence-corrected chi connectivity index (χ4v) is 2.91. The van der Waals surface area contributed by atoms with E-state index in [0.29, 0.717) is 5.54 Å². The fourth-order valence-electron chi connectivity index (χ4n) is 2.91. The van der Waals surface area contributed by atoms with Gasteiger partial charge in [0.15, 0.2) is 0 Å². The molecule has 1 N–H and O–H groups in total. The molecule has 1 fully saturated rings. The van der Waals surface area contributed by atoms with Crippen LogP contribution in [0.25, 0.3) is 11.0 Å². The summed E-state index contributed by atoms with van der Waals surface area (Å²) in [6.45, 7) is 1.85. The Morgan fingerprint density at radius 3 is 2.68 bits per heavy atom. The number of benzene rings is 1. The molecule has 1 aromatic heterocycles. The standard InChI is InChI=1S/C16H22N2O/c1-18(2)16(8-5-9-16)12-17-11-14-10-13-6-3-4-7-15(13)19-14/h3-4,6-7,10,17H,5,8-9,11-12H2,1-2H3. The van der Waals surface area contributed by atoms with E-state index in [2.05, 4.69) is 36.4 Å². The van der Waals surface area contributed by atoms with Crippen molar-refractivity contribution in [1.82, 2.24) is 10.2 Å². The van der Waals surface area contributed by atoms with Crippen molar-refractivity contribution >= 4 is 11.0 Å². The topological polar surface area (TPSA) is 28.4 Å². The molecular formula is C16H22N2O. The van der Waals surface area contributed by atoms with Gasteiger partial charge in [0.25, 0.3) is 0 Å². The van der Waals surface area contributed by atoms with Crippen LogP contribution in [-0.4, -0.2) is 31.1 Å². The molecule has 19 heavy (non-hydrogen) atoms. The molecule has 102 valence electrons. The Labute approximate surface area is 114 Å². The number of para-hydroxylation sites is 1. The van der Waals surface area contributed by atoms with E-state index in [1.54, 1.807) is 0 Å². The zero-order valence-corrected chi connectivity index (χ0v) is 11.8. The van der Waals surface area contributed by atoms with Crippen LogP contribution in [0.5, 0.6) is 0 Å². The lowest BCUT2D eigenvalue weighted by Crippen LogP contribution is -2.56. The van der Waals surface area contributed by atoms with Gasteiger partial charge in [-0.05, 0) is 45.5 Å². The molecule has 3 heteroatoms. The lowest BCUT2D eigenvalue weighted by Gasteiger charge is -2.47. The smallest absolute Gasteiger partial charge is 0.134 e. The molecule has 0 atom stereocenters. The van der Waals surface area contributed by atoms with Crippen molar-refractivity contribution in [2.24, 2.45) is 0 Å². The largest absolute Gasteiger partial charge is 0.460 e. The number of furan rings is 1. The maximum atomic E-state index is 5.82. The number of likely N-dealkylation sites (N-methyl/N-ethyl adjacent to an activating group) is 1. The SMILES string of the molecule is CN(C)C1(CNCc2cc3ccccc3o2)CCC1. The Morgan fingerprint density at radius 1 is 1.26 bits per heavy atom. The Hall–Kier alpha value is -1.32. The predicted octanol–water partition coefficient (Wildman–Crippen LogP) is 3.01. The summed E-state index contributed by atoms with van der Waals surface area (Å²) < 4.78 is 5.82. The molecule has 1 aliphatic carbocycles. The minimum Gasteiger partial charge on any atom is -0.460 e. The molecule has 0 amide bonds. The van der Waals surface area contributed by atoms with E-state index in [9.17, 15) is 0 Å². The van der Waals surface area contributed by atoms with E-state index < -0.39 is 0 Å². The summed E-state index contributed by atoms with van der Waals surface area (Å²) in [6, 6.07) is 10.3. The molecule has 0 spiro atoms. The number of hydrogen-bond acceptors (Lipinski definition) is 3. The van der Waals surface area contributed by atoms with Crippen molar-refractivity contribution in [3.05, 3.63) is 36.1 Å². The minimum atomic E-state index is 0.367. The van der Waals surface area contributed by atoms with Gasteiger partial charge >= 0.3 is 0 Å². The van der Waals surface area contributed by atoms with Gasteiger partial charge in [0.2, 0.25) is 0 Å². The quantitative estimate of drug-likeness (QED) is 0.893. The molecule has 0 saturated heterocycles. The van der Waals surface area contributed by atoms with Crippen LogP contribution in [0.15, 0.2) is 34.7 Å². The zero-order chi connectivity index (χ0) is 13.3. The maximum absolute atomic E-state index is 5.82. The molecule has 0 aliphatic heterocycles. The first-order valence-electron chi connectivity index (χ1n) is 7.05. The van der Waals surface area contributed by atoms with Crippen molar-refractivity contribution < 1.29 is 4.42 Å². The maximum Gasteiger partial charge on any atom is 0.134 e. The minimum absolute atomic E-state index is 0.367. The fraction of sp³-hybridized carbons (Fsp3) is 0.500. The van der Waals surface area contributed by atoms with E-state index in [-0.39, 0.29) is 0 Å². The first-order chi connectivity index (χ1) is 9.20. The highest BCUT2D eigenvalue weighted by atomic mass is 16.3. The molecule has 2 aromatic rings. The predicted molar refractivity (Wildman–Crippen MR) is 78.2 cm³/mol. The summed E-state index contributed by atoms with van der Waals surface area (Å²) in [4.78, 5) is 2.36. The van der Waals surface area contributed by atoms with Gasteiger partial charge in [0.1, 0.15) is 11.3 Å². The third-order valence-electron chi connectivity index (χ3n) is 4.46. The van der Waals surface area contributed by atoms with Crippen LogP contribution in [0.4, 0.5) is 0 Å². The molecule has 0 radical (unpaired) electrons. The molecule has 3 rings (SSSR count). The lowest BCUT2D eigenvalue weighted by molar-refractivity contribution is 0.0594. The monoisotopic (exact) mass is 258 g/mol. The number of hydrogen-bond donors (Lipinski definition) is 1. The number of nitrogens with one attached hydrogen (secondary N) is 1. The first-order valence-corrected chi connectivity index (χ1v) is 7.05. The summed E-state index contributed by atoms with van der Waals surface area (Å²) in [7, 11) is 4.37. The Kier molecular flexibility index (Phi) is 3.33. The van der Waals surface area contributed by atoms with Crippen LogP contribution in [-0.2, 0) is 6.54 Å². The second-order valence-electron chi connectivity index (χ2n) is 5.83. The number of rotatable bonds is 5. The Balaban J connectivity index is 1.60. The summed E-state index contributed by atoms with van der Waals surface area (Å²) in [5.41, 5.74) is 1.34. The van der Waals surface area contributed by atoms with Crippen LogP contribution in [0, 0.1) is 0 Å². The van der Waals surface area contributed by atoms with Gasteiger partial charge < -0.3 is 14.6 Å². The van der Waals surface area contributed by atoms with Gasteiger partial charge in [-0.1, -0.05) is 18.2 Å². The average Bonchev–Trinajstić information content (AvgIpc) is 2.74. The second-order valence-corrected chi connectivity index (χ2v) is 5.83. The second kappa shape index (κ2) is 4.99. The third kappa shape index (κ3) is 2.40. The molecular weight excluding hydrogens is 236 g/mol. The molecule has 0 unspecified atom stereocenters.